The Morgan fingerprint density at radius 2 is 1.73 bits per heavy atom. The molecule has 80 valence electrons. The molecule has 0 aromatic heterocycles. The van der Waals surface area contributed by atoms with Crippen molar-refractivity contribution in [3.63, 3.8) is 0 Å². The van der Waals surface area contributed by atoms with Crippen molar-refractivity contribution in [2.45, 2.75) is 25.9 Å². The summed E-state index contributed by atoms with van der Waals surface area (Å²) >= 11 is 6.93. The topological polar surface area (TPSA) is 26.3 Å². The number of hydrogen-bond acceptors (Lipinski definition) is 2. The van der Waals surface area contributed by atoms with E-state index in [1.54, 1.807) is 0 Å². The third-order valence-corrected chi connectivity index (χ3v) is 4.31. The van der Waals surface area contributed by atoms with Crippen LogP contribution in [0.15, 0.2) is 21.1 Å². The van der Waals surface area contributed by atoms with E-state index in [4.69, 9.17) is 4.74 Å². The molecule has 0 fully saturated rings. The van der Waals surface area contributed by atoms with Crippen molar-refractivity contribution in [1.29, 1.82) is 0 Å². The molecule has 0 spiro atoms. The predicted molar refractivity (Wildman–Crippen MR) is 64.8 cm³/mol. The molecule has 0 N–H and O–H groups in total. The maximum atomic E-state index is 10.8. The van der Waals surface area contributed by atoms with Gasteiger partial charge in [-0.05, 0) is 55.1 Å². The van der Waals surface area contributed by atoms with Crippen LogP contribution < -0.4 is 0 Å². The van der Waals surface area contributed by atoms with Crippen molar-refractivity contribution in [2.75, 3.05) is 0 Å². The molecule has 0 aliphatic heterocycles. The summed E-state index contributed by atoms with van der Waals surface area (Å²) in [5.74, 6) is -0.203. The number of halogens is 2. The number of ether oxygens (including phenoxy) is 1. The Morgan fingerprint density at radius 1 is 1.27 bits per heavy atom. The van der Waals surface area contributed by atoms with Crippen molar-refractivity contribution < 1.29 is 9.53 Å². The van der Waals surface area contributed by atoms with E-state index < -0.39 is 0 Å². The second-order valence-electron chi connectivity index (χ2n) is 3.67. The fraction of sp³-hybridized carbons (Fsp3) is 0.364. The summed E-state index contributed by atoms with van der Waals surface area (Å²) in [6, 6.07) is 4.17. The van der Waals surface area contributed by atoms with Gasteiger partial charge in [-0.25, -0.2) is 0 Å². The van der Waals surface area contributed by atoms with Gasteiger partial charge < -0.3 is 4.74 Å². The highest BCUT2D eigenvalue weighted by molar-refractivity contribution is 9.13. The number of esters is 1. The highest BCUT2D eigenvalue weighted by Gasteiger charge is 2.24. The van der Waals surface area contributed by atoms with Gasteiger partial charge in [-0.15, -0.1) is 0 Å². The second-order valence-corrected chi connectivity index (χ2v) is 5.38. The molecular formula is C11H10Br2O2. The van der Waals surface area contributed by atoms with E-state index in [9.17, 15) is 4.79 Å². The van der Waals surface area contributed by atoms with E-state index in [0.717, 1.165) is 21.8 Å². The van der Waals surface area contributed by atoms with Crippen molar-refractivity contribution in [3.8, 4) is 0 Å². The molecule has 0 saturated carbocycles. The van der Waals surface area contributed by atoms with Crippen LogP contribution in [0, 0.1) is 0 Å². The highest BCUT2D eigenvalue weighted by atomic mass is 79.9. The van der Waals surface area contributed by atoms with Crippen LogP contribution in [-0.4, -0.2) is 12.1 Å². The van der Waals surface area contributed by atoms with E-state index in [0.29, 0.717) is 0 Å². The van der Waals surface area contributed by atoms with Gasteiger partial charge in [0, 0.05) is 28.7 Å². The molecule has 0 bridgehead atoms. The molecule has 0 heterocycles. The van der Waals surface area contributed by atoms with Gasteiger partial charge in [-0.3, -0.25) is 4.79 Å². The Balaban J connectivity index is 2.20. The smallest absolute Gasteiger partial charge is 0.302 e. The summed E-state index contributed by atoms with van der Waals surface area (Å²) in [5, 5.41) is 0. The quantitative estimate of drug-likeness (QED) is 0.737. The first-order chi connectivity index (χ1) is 7.06. The molecule has 1 aromatic carbocycles. The molecular weight excluding hydrogens is 324 g/mol. The van der Waals surface area contributed by atoms with E-state index in [2.05, 4.69) is 44.0 Å². The summed E-state index contributed by atoms with van der Waals surface area (Å²) in [4.78, 5) is 10.8. The minimum Gasteiger partial charge on any atom is -0.462 e. The standard InChI is InChI=1S/C11H10Br2O2/c1-6(14)15-9-2-7-4-10(12)11(13)5-8(7)3-9/h4-5,9H,2-3H2,1H3. The lowest BCUT2D eigenvalue weighted by Gasteiger charge is -2.08. The van der Waals surface area contributed by atoms with E-state index >= 15 is 0 Å². The molecule has 2 rings (SSSR count). The lowest BCUT2D eigenvalue weighted by atomic mass is 10.1. The molecule has 0 amide bonds. The zero-order valence-corrected chi connectivity index (χ0v) is 11.4. The third kappa shape index (κ3) is 2.42. The van der Waals surface area contributed by atoms with E-state index in [-0.39, 0.29) is 12.1 Å². The van der Waals surface area contributed by atoms with Gasteiger partial charge in [0.1, 0.15) is 6.10 Å². The summed E-state index contributed by atoms with van der Waals surface area (Å²) in [5.41, 5.74) is 2.52. The Kier molecular flexibility index (Phi) is 3.16. The number of carbonyl (C=O) groups is 1. The van der Waals surface area contributed by atoms with Gasteiger partial charge >= 0.3 is 5.97 Å². The highest BCUT2D eigenvalue weighted by Crippen LogP contribution is 2.32. The van der Waals surface area contributed by atoms with Crippen LogP contribution in [0.1, 0.15) is 18.1 Å². The van der Waals surface area contributed by atoms with E-state index in [1.807, 2.05) is 0 Å². The van der Waals surface area contributed by atoms with Crippen LogP contribution in [0.5, 0.6) is 0 Å². The molecule has 4 heteroatoms. The molecule has 2 nitrogen and oxygen atoms in total. The molecule has 1 aromatic rings. The van der Waals surface area contributed by atoms with Gasteiger partial charge in [-0.2, -0.15) is 0 Å². The maximum absolute atomic E-state index is 10.8. The fourth-order valence-electron chi connectivity index (χ4n) is 1.89. The summed E-state index contributed by atoms with van der Waals surface area (Å²) in [6.45, 7) is 1.45. The number of benzene rings is 1. The average Bonchev–Trinajstić information content (AvgIpc) is 2.46. The Labute approximate surface area is 105 Å². The second kappa shape index (κ2) is 4.26. The fourth-order valence-corrected chi connectivity index (χ4v) is 2.67. The minimum atomic E-state index is -0.203. The van der Waals surface area contributed by atoms with Gasteiger partial charge in [0.25, 0.3) is 0 Å². The van der Waals surface area contributed by atoms with Crippen LogP contribution in [0.25, 0.3) is 0 Å². The van der Waals surface area contributed by atoms with Crippen LogP contribution in [-0.2, 0) is 22.4 Å². The van der Waals surface area contributed by atoms with Crippen LogP contribution in [0.2, 0.25) is 0 Å². The van der Waals surface area contributed by atoms with Crippen molar-refractivity contribution in [1.82, 2.24) is 0 Å². The first-order valence-corrected chi connectivity index (χ1v) is 6.29. The summed E-state index contributed by atoms with van der Waals surface area (Å²) in [7, 11) is 0. The van der Waals surface area contributed by atoms with Crippen LogP contribution >= 0.6 is 31.9 Å². The first-order valence-electron chi connectivity index (χ1n) is 4.70. The van der Waals surface area contributed by atoms with Crippen molar-refractivity contribution >= 4 is 37.8 Å². The third-order valence-electron chi connectivity index (χ3n) is 2.47. The van der Waals surface area contributed by atoms with Crippen LogP contribution in [0.4, 0.5) is 0 Å². The van der Waals surface area contributed by atoms with Crippen molar-refractivity contribution in [3.05, 3.63) is 32.2 Å². The maximum Gasteiger partial charge on any atom is 0.302 e. The Bertz CT molecular complexity index is 384. The van der Waals surface area contributed by atoms with E-state index in [1.165, 1.54) is 18.1 Å². The zero-order valence-electron chi connectivity index (χ0n) is 8.22. The number of rotatable bonds is 1. The van der Waals surface area contributed by atoms with Gasteiger partial charge in [0.2, 0.25) is 0 Å². The molecule has 0 atom stereocenters. The lowest BCUT2D eigenvalue weighted by Crippen LogP contribution is -2.15. The normalized spacial score (nSPS) is 15.1. The summed E-state index contributed by atoms with van der Waals surface area (Å²) in [6.07, 6.45) is 1.65. The van der Waals surface area contributed by atoms with Crippen molar-refractivity contribution in [2.24, 2.45) is 0 Å². The molecule has 0 saturated heterocycles. The van der Waals surface area contributed by atoms with Gasteiger partial charge in [-0.1, -0.05) is 0 Å². The first kappa shape index (κ1) is 11.1. The lowest BCUT2D eigenvalue weighted by molar-refractivity contribution is -0.145. The van der Waals surface area contributed by atoms with Gasteiger partial charge in [0.05, 0.1) is 0 Å². The SMILES string of the molecule is CC(=O)OC1Cc2cc(Br)c(Br)cc2C1. The molecule has 15 heavy (non-hydrogen) atoms. The monoisotopic (exact) mass is 332 g/mol. The summed E-state index contributed by atoms with van der Waals surface area (Å²) < 4.78 is 7.30. The molecule has 0 unspecified atom stereocenters. The Morgan fingerprint density at radius 3 is 2.13 bits per heavy atom. The average molecular weight is 334 g/mol. The van der Waals surface area contributed by atoms with Gasteiger partial charge in [0.15, 0.2) is 0 Å². The molecule has 0 radical (unpaired) electrons. The van der Waals surface area contributed by atoms with Crippen LogP contribution in [0.3, 0.4) is 0 Å². The zero-order chi connectivity index (χ0) is 11.0. The largest absolute Gasteiger partial charge is 0.462 e. The molecule has 1 aliphatic carbocycles. The molecule has 1 aliphatic rings. The number of fused-ring (bicyclic) bond motifs is 1. The predicted octanol–water partition coefficient (Wildman–Crippen LogP) is 3.24. The Hall–Kier alpha value is -0.350. The minimum absolute atomic E-state index is 0.0127. The number of hydrogen-bond donors (Lipinski definition) is 0. The number of carbonyl (C=O) groups excluding carboxylic acids is 1.